The van der Waals surface area contributed by atoms with Gasteiger partial charge in [-0.1, -0.05) is 0 Å². The summed E-state index contributed by atoms with van der Waals surface area (Å²) in [6.07, 6.45) is -7.60. The summed E-state index contributed by atoms with van der Waals surface area (Å²) in [5, 5.41) is 0. The van der Waals surface area contributed by atoms with E-state index in [9.17, 15) is 65.9 Å². The first-order valence-corrected chi connectivity index (χ1v) is 5.49. The molecule has 0 aromatic heterocycles. The molecule has 0 aromatic carbocycles. The average molecular weight is 419 g/mol. The van der Waals surface area contributed by atoms with E-state index in [1.54, 1.807) is 0 Å². The second kappa shape index (κ2) is 5.62. The normalized spacial score (nSPS) is 16.5. The van der Waals surface area contributed by atoms with E-state index in [2.05, 4.69) is 11.6 Å². The number of hydrogen-bond donors (Lipinski definition) is 0. The van der Waals surface area contributed by atoms with E-state index in [1.165, 1.54) is 0 Å². The largest absolute Gasteiger partial charge is 0.460 e. The third-order valence-corrected chi connectivity index (χ3v) is 2.90. The molecule has 0 spiro atoms. The van der Waals surface area contributed by atoms with Gasteiger partial charge in [0.05, 0.1) is 5.88 Å². The van der Waals surface area contributed by atoms with Crippen LogP contribution >= 0.6 is 11.6 Å². The van der Waals surface area contributed by atoms with Gasteiger partial charge in [0.2, 0.25) is 0 Å². The van der Waals surface area contributed by atoms with Crippen LogP contribution in [0.5, 0.6) is 0 Å². The maximum Gasteiger partial charge on any atom is 0.460 e. The zero-order chi connectivity index (χ0) is 20.2. The van der Waals surface area contributed by atoms with Gasteiger partial charge in [-0.3, -0.25) is 0 Å². The van der Waals surface area contributed by atoms with Gasteiger partial charge in [0, 0.05) is 0 Å². The Balaban J connectivity index is 6.42. The monoisotopic (exact) mass is 418 g/mol. The molecule has 0 bridgehead atoms. The molecule has 0 amide bonds. The molecule has 146 valence electrons. The third-order valence-electron chi connectivity index (χ3n) is 2.56. The highest BCUT2D eigenvalue weighted by Crippen LogP contribution is 2.62. The Morgan fingerprint density at radius 3 is 0.917 bits per heavy atom. The van der Waals surface area contributed by atoms with Gasteiger partial charge < -0.3 is 0 Å². The first-order valence-electron chi connectivity index (χ1n) is 4.96. The van der Waals surface area contributed by atoms with Crippen molar-refractivity contribution in [3.63, 3.8) is 0 Å². The van der Waals surface area contributed by atoms with Gasteiger partial charge in [-0.2, -0.15) is 65.9 Å². The van der Waals surface area contributed by atoms with Crippen LogP contribution in [0.25, 0.3) is 0 Å². The standard InChI is InChI=1S/C8H2ClF15/c9-1-2(10,11)3(12,13)4(14,15)5(16,17)6(18,19)7(20,21)8(22,23)24/h1H2. The Morgan fingerprint density at radius 1 is 0.417 bits per heavy atom. The Kier molecular flexibility index (Phi) is 5.45. The van der Waals surface area contributed by atoms with E-state index >= 15 is 0 Å². The molecule has 0 rings (SSSR count). The van der Waals surface area contributed by atoms with Crippen LogP contribution in [0.4, 0.5) is 65.9 Å². The molecule has 16 heteroatoms. The Hall–Kier alpha value is -0.760. The Labute approximate surface area is 126 Å². The molecular formula is C8H2ClF15. The molecule has 0 N–H and O–H groups in total. The highest BCUT2D eigenvalue weighted by Gasteiger charge is 2.93. The molecule has 0 heterocycles. The summed E-state index contributed by atoms with van der Waals surface area (Å²) in [5.74, 6) is -49.2. The smallest absolute Gasteiger partial charge is 0.198 e. The van der Waals surface area contributed by atoms with Crippen LogP contribution in [-0.2, 0) is 0 Å². The van der Waals surface area contributed by atoms with E-state index in [1.807, 2.05) is 0 Å². The van der Waals surface area contributed by atoms with Gasteiger partial charge in [-0.15, -0.1) is 11.6 Å². The van der Waals surface area contributed by atoms with Crippen molar-refractivity contribution in [2.45, 2.75) is 41.7 Å². The SMILES string of the molecule is FC(F)(F)C(F)(F)C(F)(F)C(F)(F)C(F)(F)C(F)(F)C(F)(F)CCl. The number of halogens is 16. The molecule has 0 aliphatic rings. The Bertz CT molecular complexity index is 461. The molecule has 24 heavy (non-hydrogen) atoms. The van der Waals surface area contributed by atoms with Crippen LogP contribution in [0, 0.1) is 0 Å². The Morgan fingerprint density at radius 2 is 0.667 bits per heavy atom. The van der Waals surface area contributed by atoms with E-state index < -0.39 is 47.6 Å². The highest BCUT2D eigenvalue weighted by atomic mass is 35.5. The van der Waals surface area contributed by atoms with Crippen molar-refractivity contribution in [1.82, 2.24) is 0 Å². The summed E-state index contributed by atoms with van der Waals surface area (Å²) in [4.78, 5) is 0. The van der Waals surface area contributed by atoms with E-state index in [-0.39, 0.29) is 0 Å². The molecule has 0 fully saturated rings. The zero-order valence-corrected chi connectivity index (χ0v) is 11.0. The number of alkyl halides is 16. The van der Waals surface area contributed by atoms with Gasteiger partial charge in [0.1, 0.15) is 0 Å². The number of hydrogen-bond acceptors (Lipinski definition) is 0. The maximum atomic E-state index is 12.9. The summed E-state index contributed by atoms with van der Waals surface area (Å²) in [5.41, 5.74) is 0. The fourth-order valence-corrected chi connectivity index (χ4v) is 1.25. The van der Waals surface area contributed by atoms with Crippen molar-refractivity contribution in [2.75, 3.05) is 5.88 Å². The van der Waals surface area contributed by atoms with Crippen molar-refractivity contribution in [1.29, 1.82) is 0 Å². The molecule has 0 saturated carbocycles. The summed E-state index contributed by atoms with van der Waals surface area (Å²) in [6, 6.07) is 0. The minimum atomic E-state index is -8.25. The summed E-state index contributed by atoms with van der Waals surface area (Å²) >= 11 is 4.09. The van der Waals surface area contributed by atoms with Crippen molar-refractivity contribution >= 4 is 11.6 Å². The average Bonchev–Trinajstić information content (AvgIpc) is 2.36. The maximum absolute atomic E-state index is 12.9. The first-order chi connectivity index (χ1) is 10.1. The lowest BCUT2D eigenvalue weighted by atomic mass is 9.91. The van der Waals surface area contributed by atoms with E-state index in [4.69, 9.17) is 0 Å². The van der Waals surface area contributed by atoms with Gasteiger partial charge in [-0.05, 0) is 0 Å². The van der Waals surface area contributed by atoms with Gasteiger partial charge in [-0.25, -0.2) is 0 Å². The lowest BCUT2D eigenvalue weighted by Crippen LogP contribution is -2.72. The molecule has 0 saturated heterocycles. The lowest BCUT2D eigenvalue weighted by molar-refractivity contribution is -0.451. The fourth-order valence-electron chi connectivity index (χ4n) is 1.08. The molecule has 0 aromatic rings. The van der Waals surface area contributed by atoms with Gasteiger partial charge in [0.25, 0.3) is 0 Å². The predicted molar refractivity (Wildman–Crippen MR) is 46.5 cm³/mol. The fraction of sp³-hybridized carbons (Fsp3) is 1.00. The molecule has 0 radical (unpaired) electrons. The topological polar surface area (TPSA) is 0 Å². The molecular weight excluding hydrogens is 417 g/mol. The molecule has 0 nitrogen and oxygen atoms in total. The quantitative estimate of drug-likeness (QED) is 0.389. The third kappa shape index (κ3) is 2.75. The second-order valence-corrected chi connectivity index (χ2v) is 4.48. The van der Waals surface area contributed by atoms with Crippen molar-refractivity contribution in [3.8, 4) is 0 Å². The van der Waals surface area contributed by atoms with Gasteiger partial charge >= 0.3 is 41.7 Å². The molecule has 0 unspecified atom stereocenters. The van der Waals surface area contributed by atoms with Crippen LogP contribution in [0.2, 0.25) is 0 Å². The van der Waals surface area contributed by atoms with Crippen molar-refractivity contribution in [3.05, 3.63) is 0 Å². The minimum Gasteiger partial charge on any atom is -0.198 e. The predicted octanol–water partition coefficient (Wildman–Crippen LogP) is 5.60. The van der Waals surface area contributed by atoms with E-state index in [0.29, 0.717) is 0 Å². The molecule has 0 aliphatic heterocycles. The van der Waals surface area contributed by atoms with Crippen LogP contribution in [0.3, 0.4) is 0 Å². The minimum absolute atomic E-state index is 2.87. The van der Waals surface area contributed by atoms with Crippen LogP contribution in [-0.4, -0.2) is 47.6 Å². The van der Waals surface area contributed by atoms with Crippen LogP contribution in [0.1, 0.15) is 0 Å². The van der Waals surface area contributed by atoms with E-state index in [0.717, 1.165) is 0 Å². The number of rotatable bonds is 6. The zero-order valence-electron chi connectivity index (χ0n) is 10.3. The summed E-state index contributed by atoms with van der Waals surface area (Å²) in [6.45, 7) is 0. The lowest BCUT2D eigenvalue weighted by Gasteiger charge is -2.41. The van der Waals surface area contributed by atoms with Crippen LogP contribution < -0.4 is 0 Å². The second-order valence-electron chi connectivity index (χ2n) is 4.21. The van der Waals surface area contributed by atoms with Gasteiger partial charge in [0.15, 0.2) is 0 Å². The molecule has 0 aliphatic carbocycles. The van der Waals surface area contributed by atoms with Crippen molar-refractivity contribution in [2.24, 2.45) is 0 Å². The van der Waals surface area contributed by atoms with Crippen molar-refractivity contribution < 1.29 is 65.9 Å². The highest BCUT2D eigenvalue weighted by molar-refractivity contribution is 6.18. The molecule has 0 atom stereocenters. The van der Waals surface area contributed by atoms with Crippen LogP contribution in [0.15, 0.2) is 0 Å². The summed E-state index contributed by atoms with van der Waals surface area (Å²) < 4.78 is 187. The summed E-state index contributed by atoms with van der Waals surface area (Å²) in [7, 11) is 0. The first kappa shape index (κ1) is 23.2.